The molecule has 0 saturated heterocycles. The molecule has 3 rings (SSSR count). The summed E-state index contributed by atoms with van der Waals surface area (Å²) in [7, 11) is -1.95. The Labute approximate surface area is 189 Å². The van der Waals surface area contributed by atoms with Crippen molar-refractivity contribution in [3.8, 4) is 5.75 Å². The number of carbonyl (C=O) groups excluding carboxylic acids is 1. The lowest BCUT2D eigenvalue weighted by Gasteiger charge is -2.26. The fraction of sp³-hybridized carbons (Fsp3) is 0.240. The minimum Gasteiger partial charge on any atom is -0.495 e. The molecule has 0 bridgehead atoms. The molecule has 0 saturated carbocycles. The number of benzene rings is 3. The van der Waals surface area contributed by atoms with Crippen molar-refractivity contribution in [2.24, 2.45) is 0 Å². The second-order valence-electron chi connectivity index (χ2n) is 7.86. The maximum Gasteiger partial charge on any atom is 0.255 e. The van der Waals surface area contributed by atoms with E-state index in [1.165, 1.54) is 10.6 Å². The third-order valence-electron chi connectivity index (χ3n) is 5.23. The molecule has 0 heterocycles. The molecule has 0 fully saturated rings. The van der Waals surface area contributed by atoms with Crippen LogP contribution in [0.3, 0.4) is 0 Å². The molecular weight excluding hydrogens is 424 g/mol. The van der Waals surface area contributed by atoms with Gasteiger partial charge in [0.15, 0.2) is 0 Å². The van der Waals surface area contributed by atoms with Crippen LogP contribution < -0.4 is 14.4 Å². The first kappa shape index (κ1) is 23.3. The zero-order valence-electron chi connectivity index (χ0n) is 19.0. The Bertz CT molecular complexity index is 1220. The lowest BCUT2D eigenvalue weighted by molar-refractivity contribution is 0.102. The SMILES string of the molecule is COc1ccc(C)cc1NC(=O)c1ccc(CN(c2c(C)cccc2C)S(C)(=O)=O)cc1. The summed E-state index contributed by atoms with van der Waals surface area (Å²) in [4.78, 5) is 12.7. The van der Waals surface area contributed by atoms with Gasteiger partial charge in [0, 0.05) is 5.56 Å². The van der Waals surface area contributed by atoms with Crippen molar-refractivity contribution in [3.05, 3.63) is 88.5 Å². The van der Waals surface area contributed by atoms with Crippen LogP contribution in [0.4, 0.5) is 11.4 Å². The van der Waals surface area contributed by atoms with Crippen LogP contribution in [0.1, 0.15) is 32.6 Å². The van der Waals surface area contributed by atoms with Crippen molar-refractivity contribution in [1.29, 1.82) is 0 Å². The number of hydrogen-bond acceptors (Lipinski definition) is 4. The average Bonchev–Trinajstić information content (AvgIpc) is 2.73. The van der Waals surface area contributed by atoms with Gasteiger partial charge in [-0.25, -0.2) is 8.42 Å². The van der Waals surface area contributed by atoms with Crippen molar-refractivity contribution in [2.75, 3.05) is 23.0 Å². The Morgan fingerprint density at radius 3 is 2.16 bits per heavy atom. The first-order valence-corrected chi connectivity index (χ1v) is 12.0. The fourth-order valence-electron chi connectivity index (χ4n) is 3.60. The molecule has 0 aliphatic heterocycles. The van der Waals surface area contributed by atoms with E-state index in [4.69, 9.17) is 4.74 Å². The van der Waals surface area contributed by atoms with E-state index >= 15 is 0 Å². The molecule has 0 spiro atoms. The number of nitrogens with one attached hydrogen (secondary N) is 1. The van der Waals surface area contributed by atoms with Crippen molar-refractivity contribution >= 4 is 27.3 Å². The van der Waals surface area contributed by atoms with Gasteiger partial charge in [0.05, 0.1) is 31.3 Å². The summed E-state index contributed by atoms with van der Waals surface area (Å²) in [6.45, 7) is 5.91. The number of carbonyl (C=O) groups is 1. The Balaban J connectivity index is 1.83. The first-order chi connectivity index (χ1) is 15.1. The molecule has 0 radical (unpaired) electrons. The zero-order valence-corrected chi connectivity index (χ0v) is 19.8. The Morgan fingerprint density at radius 1 is 0.969 bits per heavy atom. The lowest BCUT2D eigenvalue weighted by Crippen LogP contribution is -2.30. The van der Waals surface area contributed by atoms with Crippen LogP contribution in [-0.2, 0) is 16.6 Å². The third kappa shape index (κ3) is 5.29. The van der Waals surface area contributed by atoms with E-state index in [2.05, 4.69) is 5.32 Å². The Hall–Kier alpha value is -3.32. The van der Waals surface area contributed by atoms with Gasteiger partial charge in [-0.2, -0.15) is 0 Å². The largest absolute Gasteiger partial charge is 0.495 e. The highest BCUT2D eigenvalue weighted by atomic mass is 32.2. The standard InChI is InChI=1S/C25H28N2O4S/c1-17-9-14-23(31-4)22(15-17)26-25(28)21-12-10-20(11-13-21)16-27(32(5,29)30)24-18(2)7-6-8-19(24)3/h6-15H,16H2,1-5H3,(H,26,28). The van der Waals surface area contributed by atoms with Gasteiger partial charge >= 0.3 is 0 Å². The summed E-state index contributed by atoms with van der Waals surface area (Å²) >= 11 is 0. The summed E-state index contributed by atoms with van der Waals surface area (Å²) in [6.07, 6.45) is 1.20. The highest BCUT2D eigenvalue weighted by Crippen LogP contribution is 2.29. The summed E-state index contributed by atoms with van der Waals surface area (Å²) in [5.41, 5.74) is 5.31. The Morgan fingerprint density at radius 2 is 1.59 bits per heavy atom. The highest BCUT2D eigenvalue weighted by molar-refractivity contribution is 7.92. The molecule has 7 heteroatoms. The number of sulfonamides is 1. The normalized spacial score (nSPS) is 11.2. The Kier molecular flexibility index (Phi) is 6.89. The summed E-state index contributed by atoms with van der Waals surface area (Å²) in [5.74, 6) is 0.313. The van der Waals surface area contributed by atoms with Crippen LogP contribution in [-0.4, -0.2) is 27.7 Å². The first-order valence-electron chi connectivity index (χ1n) is 10.2. The molecule has 3 aromatic rings. The number of anilines is 2. The highest BCUT2D eigenvalue weighted by Gasteiger charge is 2.21. The van der Waals surface area contributed by atoms with Gasteiger partial charge in [-0.05, 0) is 67.3 Å². The molecule has 1 N–H and O–H groups in total. The summed E-state index contributed by atoms with van der Waals surface area (Å²) in [6, 6.07) is 18.2. The van der Waals surface area contributed by atoms with E-state index in [1.54, 1.807) is 37.4 Å². The second kappa shape index (κ2) is 9.44. The molecule has 0 aliphatic carbocycles. The van der Waals surface area contributed by atoms with E-state index in [9.17, 15) is 13.2 Å². The molecule has 32 heavy (non-hydrogen) atoms. The smallest absolute Gasteiger partial charge is 0.255 e. The number of amides is 1. The predicted molar refractivity (Wildman–Crippen MR) is 129 cm³/mol. The van der Waals surface area contributed by atoms with Crippen LogP contribution in [0.2, 0.25) is 0 Å². The van der Waals surface area contributed by atoms with E-state index in [0.29, 0.717) is 22.7 Å². The van der Waals surface area contributed by atoms with Gasteiger partial charge in [-0.15, -0.1) is 0 Å². The zero-order chi connectivity index (χ0) is 23.5. The van der Waals surface area contributed by atoms with Crippen molar-refractivity contribution in [3.63, 3.8) is 0 Å². The van der Waals surface area contributed by atoms with Gasteiger partial charge in [0.2, 0.25) is 10.0 Å². The van der Waals surface area contributed by atoms with Gasteiger partial charge < -0.3 is 10.1 Å². The number of nitrogens with zero attached hydrogens (tertiary/aromatic N) is 1. The van der Waals surface area contributed by atoms with Gasteiger partial charge in [0.1, 0.15) is 5.75 Å². The molecule has 168 valence electrons. The monoisotopic (exact) mass is 452 g/mol. The quantitative estimate of drug-likeness (QED) is 0.557. The van der Waals surface area contributed by atoms with Crippen molar-refractivity contribution < 1.29 is 17.9 Å². The summed E-state index contributed by atoms with van der Waals surface area (Å²) in [5, 5.41) is 2.87. The molecule has 3 aromatic carbocycles. The number of rotatable bonds is 7. The van der Waals surface area contributed by atoms with Crippen molar-refractivity contribution in [2.45, 2.75) is 27.3 Å². The molecule has 1 amide bonds. The topological polar surface area (TPSA) is 75.7 Å². The van der Waals surface area contributed by atoms with E-state index in [-0.39, 0.29) is 12.5 Å². The molecule has 0 atom stereocenters. The number of para-hydroxylation sites is 1. The van der Waals surface area contributed by atoms with E-state index < -0.39 is 10.0 Å². The molecule has 0 unspecified atom stereocenters. The maximum atomic E-state index is 12.7. The number of methoxy groups -OCH3 is 1. The number of hydrogen-bond donors (Lipinski definition) is 1. The van der Waals surface area contributed by atoms with Crippen LogP contribution >= 0.6 is 0 Å². The molecule has 6 nitrogen and oxygen atoms in total. The van der Waals surface area contributed by atoms with Crippen LogP contribution in [0.25, 0.3) is 0 Å². The van der Waals surface area contributed by atoms with Gasteiger partial charge in [0.25, 0.3) is 5.91 Å². The minimum atomic E-state index is -3.50. The molecule has 0 aliphatic rings. The third-order valence-corrected chi connectivity index (χ3v) is 6.35. The number of ether oxygens (including phenoxy) is 1. The lowest BCUT2D eigenvalue weighted by atomic mass is 10.1. The van der Waals surface area contributed by atoms with Gasteiger partial charge in [-0.1, -0.05) is 36.4 Å². The minimum absolute atomic E-state index is 0.179. The molecular formula is C25H28N2O4S. The van der Waals surface area contributed by atoms with E-state index in [1.807, 2.05) is 51.1 Å². The molecule has 0 aromatic heterocycles. The van der Waals surface area contributed by atoms with Crippen LogP contribution in [0.5, 0.6) is 5.75 Å². The van der Waals surface area contributed by atoms with E-state index in [0.717, 1.165) is 22.3 Å². The van der Waals surface area contributed by atoms with Crippen molar-refractivity contribution in [1.82, 2.24) is 0 Å². The van der Waals surface area contributed by atoms with Crippen LogP contribution in [0, 0.1) is 20.8 Å². The second-order valence-corrected chi connectivity index (χ2v) is 9.77. The van der Waals surface area contributed by atoms with Crippen LogP contribution in [0.15, 0.2) is 60.7 Å². The van der Waals surface area contributed by atoms with Gasteiger partial charge in [-0.3, -0.25) is 9.10 Å². The predicted octanol–water partition coefficient (Wildman–Crippen LogP) is 4.84. The average molecular weight is 453 g/mol. The fourth-order valence-corrected chi connectivity index (χ4v) is 4.61. The number of aryl methyl sites for hydroxylation is 3. The maximum absolute atomic E-state index is 12.7. The summed E-state index contributed by atoms with van der Waals surface area (Å²) < 4.78 is 31.8.